The van der Waals surface area contributed by atoms with Gasteiger partial charge < -0.3 is 10.6 Å². The van der Waals surface area contributed by atoms with Gasteiger partial charge >= 0.3 is 0 Å². The van der Waals surface area contributed by atoms with Crippen molar-refractivity contribution in [1.29, 1.82) is 0 Å². The Labute approximate surface area is 112 Å². The molecule has 0 atom stereocenters. The Morgan fingerprint density at radius 2 is 1.94 bits per heavy atom. The van der Waals surface area contributed by atoms with E-state index < -0.39 is 0 Å². The Kier molecular flexibility index (Phi) is 2.67. The van der Waals surface area contributed by atoms with E-state index in [0.29, 0.717) is 0 Å². The molecule has 2 N–H and O–H groups in total. The molecule has 0 aliphatic carbocycles. The maximum atomic E-state index is 6.10. The van der Waals surface area contributed by atoms with Crippen molar-refractivity contribution < 1.29 is 0 Å². The average molecular weight is 259 g/mol. The molecule has 2 nitrogen and oxygen atoms in total. The summed E-state index contributed by atoms with van der Waals surface area (Å²) in [6, 6.07) is 12.4. The molecule has 2 aromatic carbocycles. The summed E-state index contributed by atoms with van der Waals surface area (Å²) in [5.41, 5.74) is 11.6. The van der Waals surface area contributed by atoms with Crippen molar-refractivity contribution >= 4 is 28.7 Å². The minimum Gasteiger partial charge on any atom is -0.397 e. The number of nitrogens with zero attached hydrogens (tertiary/aromatic N) is 1. The monoisotopic (exact) mass is 258 g/mol. The van der Waals surface area contributed by atoms with Crippen LogP contribution < -0.4 is 10.6 Å². The number of para-hydroxylation sites is 1. The molecule has 1 heterocycles. The minimum atomic E-state index is 0.726. The van der Waals surface area contributed by atoms with Crippen LogP contribution in [0.4, 0.5) is 17.1 Å². The number of aryl methyl sites for hydroxylation is 1. The summed E-state index contributed by atoms with van der Waals surface area (Å²) < 4.78 is 0. The first-order chi connectivity index (χ1) is 8.66. The van der Waals surface area contributed by atoms with Gasteiger partial charge in [-0.15, -0.1) is 0 Å². The van der Waals surface area contributed by atoms with Gasteiger partial charge in [-0.3, -0.25) is 0 Å². The number of benzene rings is 2. The van der Waals surface area contributed by atoms with Crippen molar-refractivity contribution in [2.45, 2.75) is 13.3 Å². The summed E-state index contributed by atoms with van der Waals surface area (Å²) in [5.74, 6) is 0. The van der Waals surface area contributed by atoms with E-state index in [4.69, 9.17) is 17.3 Å². The van der Waals surface area contributed by atoms with Crippen LogP contribution in [0.3, 0.4) is 0 Å². The standard InChI is InChI=1S/C15H15ClN2/c1-10-8-15(13(17)9-12(10)16)18-7-6-11-4-2-3-5-14(11)18/h2-5,8-9H,6-7,17H2,1H3. The Morgan fingerprint density at radius 3 is 2.78 bits per heavy atom. The first-order valence-corrected chi connectivity index (χ1v) is 6.45. The maximum absolute atomic E-state index is 6.10. The SMILES string of the molecule is Cc1cc(N2CCc3ccccc32)c(N)cc1Cl. The van der Waals surface area contributed by atoms with Gasteiger partial charge in [0.1, 0.15) is 0 Å². The summed E-state index contributed by atoms with van der Waals surface area (Å²) >= 11 is 6.09. The van der Waals surface area contributed by atoms with E-state index in [0.717, 1.165) is 34.9 Å². The van der Waals surface area contributed by atoms with Crippen LogP contribution in [0.2, 0.25) is 5.02 Å². The van der Waals surface area contributed by atoms with Crippen LogP contribution in [0.25, 0.3) is 0 Å². The third-order valence-electron chi connectivity index (χ3n) is 3.49. The van der Waals surface area contributed by atoms with Gasteiger partial charge in [0.15, 0.2) is 0 Å². The third-order valence-corrected chi connectivity index (χ3v) is 3.89. The Hall–Kier alpha value is -1.67. The smallest absolute Gasteiger partial charge is 0.0648 e. The molecule has 0 saturated heterocycles. The second-order valence-electron chi connectivity index (χ2n) is 4.69. The summed E-state index contributed by atoms with van der Waals surface area (Å²) in [7, 11) is 0. The molecule has 0 unspecified atom stereocenters. The second kappa shape index (κ2) is 4.21. The highest BCUT2D eigenvalue weighted by molar-refractivity contribution is 6.31. The number of hydrogen-bond donors (Lipinski definition) is 1. The van der Waals surface area contributed by atoms with Crippen LogP contribution in [0, 0.1) is 6.92 Å². The molecular formula is C15H15ClN2. The number of rotatable bonds is 1. The van der Waals surface area contributed by atoms with Gasteiger partial charge in [0.2, 0.25) is 0 Å². The van der Waals surface area contributed by atoms with Crippen LogP contribution in [0.5, 0.6) is 0 Å². The van der Waals surface area contributed by atoms with Crippen molar-refractivity contribution in [2.75, 3.05) is 17.2 Å². The number of halogens is 1. The topological polar surface area (TPSA) is 29.3 Å². The van der Waals surface area contributed by atoms with E-state index in [9.17, 15) is 0 Å². The van der Waals surface area contributed by atoms with Gasteiger partial charge in [0, 0.05) is 17.3 Å². The normalized spacial score (nSPS) is 13.8. The van der Waals surface area contributed by atoms with Gasteiger partial charge in [0.25, 0.3) is 0 Å². The predicted octanol–water partition coefficient (Wildman–Crippen LogP) is 3.92. The quantitative estimate of drug-likeness (QED) is 0.786. The highest BCUT2D eigenvalue weighted by atomic mass is 35.5. The molecule has 0 saturated carbocycles. The molecular weight excluding hydrogens is 244 g/mol. The Balaban J connectivity index is 2.10. The lowest BCUT2D eigenvalue weighted by atomic mass is 10.1. The van der Waals surface area contributed by atoms with Crippen LogP contribution >= 0.6 is 11.6 Å². The molecule has 0 fully saturated rings. The lowest BCUT2D eigenvalue weighted by Gasteiger charge is -2.22. The van der Waals surface area contributed by atoms with Crippen LogP contribution in [0.1, 0.15) is 11.1 Å². The number of nitrogens with two attached hydrogens (primary N) is 1. The molecule has 92 valence electrons. The first-order valence-electron chi connectivity index (χ1n) is 6.08. The second-order valence-corrected chi connectivity index (χ2v) is 5.10. The van der Waals surface area contributed by atoms with Crippen molar-refractivity contribution in [3.8, 4) is 0 Å². The summed E-state index contributed by atoms with van der Waals surface area (Å²) in [5, 5.41) is 0.726. The lowest BCUT2D eigenvalue weighted by molar-refractivity contribution is 0.998. The molecule has 2 aromatic rings. The zero-order valence-corrected chi connectivity index (χ0v) is 11.0. The summed E-state index contributed by atoms with van der Waals surface area (Å²) in [4.78, 5) is 2.27. The third kappa shape index (κ3) is 1.73. The zero-order valence-electron chi connectivity index (χ0n) is 10.3. The van der Waals surface area contributed by atoms with E-state index in [1.807, 2.05) is 13.0 Å². The van der Waals surface area contributed by atoms with Gasteiger partial charge in [0.05, 0.1) is 11.4 Å². The fraction of sp³-hybridized carbons (Fsp3) is 0.200. The first kappa shape index (κ1) is 11.4. The number of fused-ring (bicyclic) bond motifs is 1. The van der Waals surface area contributed by atoms with Gasteiger partial charge in [-0.25, -0.2) is 0 Å². The largest absolute Gasteiger partial charge is 0.397 e. The summed E-state index contributed by atoms with van der Waals surface area (Å²) in [6.45, 7) is 2.98. The molecule has 0 spiro atoms. The predicted molar refractivity (Wildman–Crippen MR) is 77.8 cm³/mol. The fourth-order valence-corrected chi connectivity index (χ4v) is 2.68. The highest BCUT2D eigenvalue weighted by Gasteiger charge is 2.21. The number of anilines is 3. The molecule has 3 rings (SSSR count). The Morgan fingerprint density at radius 1 is 1.17 bits per heavy atom. The number of hydrogen-bond acceptors (Lipinski definition) is 2. The van der Waals surface area contributed by atoms with Crippen molar-refractivity contribution in [2.24, 2.45) is 0 Å². The van der Waals surface area contributed by atoms with Crippen LogP contribution in [0.15, 0.2) is 36.4 Å². The Bertz CT molecular complexity index is 607. The van der Waals surface area contributed by atoms with Gasteiger partial charge in [-0.2, -0.15) is 0 Å². The zero-order chi connectivity index (χ0) is 12.7. The van der Waals surface area contributed by atoms with E-state index in [1.165, 1.54) is 11.3 Å². The molecule has 1 aliphatic rings. The van der Waals surface area contributed by atoms with Crippen molar-refractivity contribution in [1.82, 2.24) is 0 Å². The number of nitrogen functional groups attached to an aromatic ring is 1. The lowest BCUT2D eigenvalue weighted by Crippen LogP contribution is -2.15. The molecule has 0 radical (unpaired) electrons. The molecule has 0 bridgehead atoms. The molecule has 0 amide bonds. The van der Waals surface area contributed by atoms with Crippen LogP contribution in [-0.4, -0.2) is 6.54 Å². The minimum absolute atomic E-state index is 0.726. The molecule has 1 aliphatic heterocycles. The van der Waals surface area contributed by atoms with E-state index >= 15 is 0 Å². The maximum Gasteiger partial charge on any atom is 0.0648 e. The fourth-order valence-electron chi connectivity index (χ4n) is 2.50. The van der Waals surface area contributed by atoms with Gasteiger partial charge in [-0.1, -0.05) is 29.8 Å². The molecule has 18 heavy (non-hydrogen) atoms. The van der Waals surface area contributed by atoms with Crippen LogP contribution in [-0.2, 0) is 6.42 Å². The van der Waals surface area contributed by atoms with Gasteiger partial charge in [-0.05, 0) is 42.7 Å². The van der Waals surface area contributed by atoms with E-state index in [1.54, 1.807) is 0 Å². The van der Waals surface area contributed by atoms with Crippen molar-refractivity contribution in [3.05, 3.63) is 52.5 Å². The summed E-state index contributed by atoms with van der Waals surface area (Å²) in [6.07, 6.45) is 1.07. The molecule has 0 aromatic heterocycles. The van der Waals surface area contributed by atoms with Crippen molar-refractivity contribution in [3.63, 3.8) is 0 Å². The molecule has 3 heteroatoms. The highest BCUT2D eigenvalue weighted by Crippen LogP contribution is 2.39. The average Bonchev–Trinajstić information content (AvgIpc) is 2.78. The van der Waals surface area contributed by atoms with E-state index in [2.05, 4.69) is 35.2 Å². The van der Waals surface area contributed by atoms with E-state index in [-0.39, 0.29) is 0 Å².